The Labute approximate surface area is 190 Å². The summed E-state index contributed by atoms with van der Waals surface area (Å²) < 4.78 is 30.4. The first-order chi connectivity index (χ1) is 15.8. The Hall–Kier alpha value is -2.65. The highest BCUT2D eigenvalue weighted by Gasteiger charge is 2.14. The van der Waals surface area contributed by atoms with Gasteiger partial charge in [0.1, 0.15) is 19.8 Å². The van der Waals surface area contributed by atoms with E-state index in [1.54, 1.807) is 0 Å². The summed E-state index contributed by atoms with van der Waals surface area (Å²) >= 11 is 0. The Morgan fingerprint density at radius 1 is 0.606 bits per heavy atom. The molecule has 1 amide bonds. The van der Waals surface area contributed by atoms with Crippen LogP contribution in [0, 0.1) is 0 Å². The number of nitrogens with one attached hydrogen (secondary N) is 1. The number of hydrogen-bond donors (Lipinski definition) is 3. The number of carbonyl (C=O) groups is 5. The first kappa shape index (κ1) is 30.3. The molecule has 0 aliphatic heterocycles. The van der Waals surface area contributed by atoms with Crippen molar-refractivity contribution < 1.29 is 62.6 Å². The molecule has 0 fully saturated rings. The molecule has 0 rings (SSSR count). The number of esters is 1. The molecule has 0 saturated heterocycles. The molecule has 190 valence electrons. The summed E-state index contributed by atoms with van der Waals surface area (Å²) in [6.07, 6.45) is -0.690. The molecule has 0 saturated carbocycles. The van der Waals surface area contributed by atoms with Gasteiger partial charge < -0.3 is 44.0 Å². The standard InChI is InChI=1S/C19H31NO13/c21-15(19(26)27)1-2-18(25)33-12-11-31-10-9-30-8-7-29-6-5-28-4-3-20-16(22)13-32-14-17(23)24/h1-14H2,(H,20,22)(H,23,24)(H,26,27). The zero-order valence-corrected chi connectivity index (χ0v) is 18.3. The average Bonchev–Trinajstić information content (AvgIpc) is 2.76. The number of hydrogen-bond acceptors (Lipinski definition) is 11. The van der Waals surface area contributed by atoms with E-state index >= 15 is 0 Å². The van der Waals surface area contributed by atoms with Crippen LogP contribution >= 0.6 is 0 Å². The van der Waals surface area contributed by atoms with Gasteiger partial charge in [0.25, 0.3) is 0 Å². The van der Waals surface area contributed by atoms with Crippen LogP contribution in [0.1, 0.15) is 12.8 Å². The van der Waals surface area contributed by atoms with Crippen LogP contribution in [0.4, 0.5) is 0 Å². The van der Waals surface area contributed by atoms with Crippen LogP contribution in [0.5, 0.6) is 0 Å². The monoisotopic (exact) mass is 481 g/mol. The molecular weight excluding hydrogens is 450 g/mol. The molecule has 0 aliphatic carbocycles. The first-order valence-corrected chi connectivity index (χ1v) is 10.1. The number of aliphatic carboxylic acids is 2. The minimum Gasteiger partial charge on any atom is -0.480 e. The summed E-state index contributed by atoms with van der Waals surface area (Å²) in [6.45, 7) is 1.80. The van der Waals surface area contributed by atoms with Crippen LogP contribution in [0.25, 0.3) is 0 Å². The van der Waals surface area contributed by atoms with Gasteiger partial charge in [-0.2, -0.15) is 0 Å². The van der Waals surface area contributed by atoms with Crippen LogP contribution in [0.15, 0.2) is 0 Å². The third kappa shape index (κ3) is 22.3. The van der Waals surface area contributed by atoms with Crippen molar-refractivity contribution in [3.8, 4) is 0 Å². The highest BCUT2D eigenvalue weighted by molar-refractivity contribution is 6.32. The summed E-state index contributed by atoms with van der Waals surface area (Å²) in [6, 6.07) is 0. The van der Waals surface area contributed by atoms with Crippen molar-refractivity contribution in [2.24, 2.45) is 0 Å². The molecule has 14 nitrogen and oxygen atoms in total. The molecule has 0 heterocycles. The van der Waals surface area contributed by atoms with Gasteiger partial charge in [0, 0.05) is 13.0 Å². The maximum absolute atomic E-state index is 11.3. The average molecular weight is 481 g/mol. The van der Waals surface area contributed by atoms with Crippen LogP contribution in [-0.2, 0) is 52.4 Å². The number of ether oxygens (including phenoxy) is 6. The van der Waals surface area contributed by atoms with Crippen molar-refractivity contribution in [2.75, 3.05) is 79.2 Å². The minimum atomic E-state index is -1.58. The van der Waals surface area contributed by atoms with Crippen LogP contribution in [-0.4, -0.2) is 119 Å². The van der Waals surface area contributed by atoms with Crippen LogP contribution < -0.4 is 5.32 Å². The minimum absolute atomic E-state index is 0.00854. The maximum atomic E-state index is 11.3. The van der Waals surface area contributed by atoms with E-state index in [-0.39, 0.29) is 46.0 Å². The number of Topliss-reactive ketones (excluding diaryl/α,β-unsaturated/α-hetero) is 1. The molecule has 0 unspecified atom stereocenters. The Balaban J connectivity index is 3.26. The lowest BCUT2D eigenvalue weighted by Gasteiger charge is -2.08. The van der Waals surface area contributed by atoms with Gasteiger partial charge in [0.05, 0.1) is 59.3 Å². The third-order valence-corrected chi connectivity index (χ3v) is 3.43. The zero-order chi connectivity index (χ0) is 24.7. The molecule has 14 heteroatoms. The second-order valence-electron chi connectivity index (χ2n) is 6.13. The van der Waals surface area contributed by atoms with Gasteiger partial charge >= 0.3 is 17.9 Å². The largest absolute Gasteiger partial charge is 0.480 e. The Morgan fingerprint density at radius 2 is 1.12 bits per heavy atom. The number of rotatable bonds is 23. The number of amides is 1. The molecule has 0 radical (unpaired) electrons. The molecule has 33 heavy (non-hydrogen) atoms. The summed E-state index contributed by atoms with van der Waals surface area (Å²) in [5.74, 6) is -4.86. The topological polar surface area (TPSA) is 193 Å². The predicted molar refractivity (Wildman–Crippen MR) is 108 cm³/mol. The van der Waals surface area contributed by atoms with E-state index in [1.165, 1.54) is 0 Å². The fourth-order valence-electron chi connectivity index (χ4n) is 1.92. The van der Waals surface area contributed by atoms with E-state index < -0.39 is 42.6 Å². The lowest BCUT2D eigenvalue weighted by Crippen LogP contribution is -2.31. The molecule has 0 aromatic rings. The van der Waals surface area contributed by atoms with Crippen LogP contribution in [0.3, 0.4) is 0 Å². The molecule has 0 aliphatic rings. The van der Waals surface area contributed by atoms with E-state index in [2.05, 4.69) is 10.1 Å². The van der Waals surface area contributed by atoms with Crippen molar-refractivity contribution in [3.63, 3.8) is 0 Å². The normalized spacial score (nSPS) is 10.5. The van der Waals surface area contributed by atoms with Gasteiger partial charge in [-0.3, -0.25) is 14.4 Å². The highest BCUT2D eigenvalue weighted by Crippen LogP contribution is 1.95. The van der Waals surface area contributed by atoms with Crippen molar-refractivity contribution in [3.05, 3.63) is 0 Å². The van der Waals surface area contributed by atoms with E-state index in [0.717, 1.165) is 0 Å². The van der Waals surface area contributed by atoms with Gasteiger partial charge in [0.15, 0.2) is 0 Å². The van der Waals surface area contributed by atoms with E-state index in [4.69, 9.17) is 33.9 Å². The second-order valence-corrected chi connectivity index (χ2v) is 6.13. The van der Waals surface area contributed by atoms with E-state index in [9.17, 15) is 24.0 Å². The third-order valence-electron chi connectivity index (χ3n) is 3.43. The maximum Gasteiger partial charge on any atom is 0.372 e. The smallest absolute Gasteiger partial charge is 0.372 e. The fraction of sp³-hybridized carbons (Fsp3) is 0.737. The summed E-state index contributed by atoms with van der Waals surface area (Å²) in [5.41, 5.74) is 0. The Morgan fingerprint density at radius 3 is 1.64 bits per heavy atom. The van der Waals surface area contributed by atoms with Crippen molar-refractivity contribution in [2.45, 2.75) is 12.8 Å². The second kappa shape index (κ2) is 21.2. The SMILES string of the molecule is O=C(O)COCC(=O)NCCOCCOCCOCCOCCOC(=O)CCC(=O)C(=O)O. The quantitative estimate of drug-likeness (QED) is 0.0845. The summed E-state index contributed by atoms with van der Waals surface area (Å²) in [5, 5.41) is 19.3. The number of carboxylic acid groups (broad SMARTS) is 2. The summed E-state index contributed by atoms with van der Waals surface area (Å²) in [7, 11) is 0. The Kier molecular flexibility index (Phi) is 19.5. The van der Waals surface area contributed by atoms with Crippen LogP contribution in [0.2, 0.25) is 0 Å². The van der Waals surface area contributed by atoms with Gasteiger partial charge in [-0.15, -0.1) is 0 Å². The molecule has 3 N–H and O–H groups in total. The molecule has 0 spiro atoms. The first-order valence-electron chi connectivity index (χ1n) is 10.1. The summed E-state index contributed by atoms with van der Waals surface area (Å²) in [4.78, 5) is 53.9. The molecule has 0 bridgehead atoms. The lowest BCUT2D eigenvalue weighted by molar-refractivity contribution is -0.151. The highest BCUT2D eigenvalue weighted by atomic mass is 16.6. The van der Waals surface area contributed by atoms with E-state index in [0.29, 0.717) is 33.0 Å². The number of ketones is 1. The van der Waals surface area contributed by atoms with Crippen molar-refractivity contribution in [1.82, 2.24) is 5.32 Å². The van der Waals surface area contributed by atoms with Gasteiger partial charge in [-0.25, -0.2) is 9.59 Å². The van der Waals surface area contributed by atoms with Crippen molar-refractivity contribution in [1.29, 1.82) is 0 Å². The fourth-order valence-corrected chi connectivity index (χ4v) is 1.92. The number of carboxylic acids is 2. The van der Waals surface area contributed by atoms with Gasteiger partial charge in [-0.1, -0.05) is 0 Å². The van der Waals surface area contributed by atoms with E-state index in [1.807, 2.05) is 0 Å². The Bertz CT molecular complexity index is 596. The van der Waals surface area contributed by atoms with Gasteiger partial charge in [0.2, 0.25) is 11.7 Å². The number of carbonyl (C=O) groups excluding carboxylic acids is 3. The molecular formula is C19H31NO13. The van der Waals surface area contributed by atoms with Crippen molar-refractivity contribution >= 4 is 29.6 Å². The molecule has 0 atom stereocenters. The predicted octanol–water partition coefficient (Wildman–Crippen LogP) is -1.75. The van der Waals surface area contributed by atoms with Gasteiger partial charge in [-0.05, 0) is 0 Å². The lowest BCUT2D eigenvalue weighted by atomic mass is 10.2. The zero-order valence-electron chi connectivity index (χ0n) is 18.3. The molecule has 0 aromatic heterocycles. The molecule has 0 aromatic carbocycles.